The van der Waals surface area contributed by atoms with Gasteiger partial charge in [0.05, 0.1) is 0 Å². The number of ether oxygens (including phenoxy) is 1. The van der Waals surface area contributed by atoms with Crippen LogP contribution in [-0.4, -0.2) is 45.0 Å². The number of carbonyl (C=O) groups is 1. The number of thiophene rings is 1. The van der Waals surface area contributed by atoms with Gasteiger partial charge in [-0.15, -0.1) is 11.3 Å². The highest BCUT2D eigenvalue weighted by Gasteiger charge is 2.27. The van der Waals surface area contributed by atoms with E-state index < -0.39 is 10.0 Å². The summed E-state index contributed by atoms with van der Waals surface area (Å²) < 4.78 is 33.3. The Bertz CT molecular complexity index is 858. The molecule has 8 heteroatoms. The first-order chi connectivity index (χ1) is 13.0. The van der Waals surface area contributed by atoms with Crippen molar-refractivity contribution in [1.82, 2.24) is 9.62 Å². The SMILES string of the molecule is CCc1cccc(OCC(=O)N2CCC(NS(=O)(=O)c3cccs3)CC2)c1. The number of nitrogens with zero attached hydrogens (tertiary/aromatic N) is 1. The molecule has 3 rings (SSSR count). The van der Waals surface area contributed by atoms with E-state index in [1.165, 1.54) is 16.9 Å². The third-order valence-corrected chi connectivity index (χ3v) is 7.52. The van der Waals surface area contributed by atoms with Crippen LogP contribution in [-0.2, 0) is 21.2 Å². The van der Waals surface area contributed by atoms with E-state index in [4.69, 9.17) is 4.74 Å². The Kier molecular flexibility index (Phi) is 6.51. The summed E-state index contributed by atoms with van der Waals surface area (Å²) in [4.78, 5) is 14.1. The predicted octanol–water partition coefficient (Wildman–Crippen LogP) is 2.66. The van der Waals surface area contributed by atoms with Crippen LogP contribution in [0.1, 0.15) is 25.3 Å². The highest BCUT2D eigenvalue weighted by molar-refractivity contribution is 7.91. The Morgan fingerprint density at radius 2 is 2.04 bits per heavy atom. The van der Waals surface area contributed by atoms with Gasteiger partial charge in [-0.1, -0.05) is 25.1 Å². The van der Waals surface area contributed by atoms with Crippen LogP contribution in [0.15, 0.2) is 46.0 Å². The molecule has 1 saturated heterocycles. The van der Waals surface area contributed by atoms with Crippen molar-refractivity contribution in [2.24, 2.45) is 0 Å². The summed E-state index contributed by atoms with van der Waals surface area (Å²) in [6.45, 7) is 3.11. The monoisotopic (exact) mass is 408 g/mol. The molecule has 0 spiro atoms. The lowest BCUT2D eigenvalue weighted by Gasteiger charge is -2.32. The van der Waals surface area contributed by atoms with Gasteiger partial charge < -0.3 is 9.64 Å². The van der Waals surface area contributed by atoms with Crippen molar-refractivity contribution in [3.8, 4) is 5.75 Å². The van der Waals surface area contributed by atoms with Crippen LogP contribution in [0.2, 0.25) is 0 Å². The van der Waals surface area contributed by atoms with Crippen molar-refractivity contribution in [3.05, 3.63) is 47.3 Å². The van der Waals surface area contributed by atoms with Crippen molar-refractivity contribution in [3.63, 3.8) is 0 Å². The first-order valence-electron chi connectivity index (χ1n) is 9.03. The van der Waals surface area contributed by atoms with Crippen molar-refractivity contribution in [2.45, 2.75) is 36.4 Å². The second-order valence-electron chi connectivity index (χ2n) is 6.50. The number of rotatable bonds is 7. The molecule has 2 aromatic rings. The highest BCUT2D eigenvalue weighted by Crippen LogP contribution is 2.19. The minimum absolute atomic E-state index is 0.00123. The Balaban J connectivity index is 1.46. The van der Waals surface area contributed by atoms with Crippen LogP contribution in [0.3, 0.4) is 0 Å². The van der Waals surface area contributed by atoms with E-state index in [-0.39, 0.29) is 18.6 Å². The number of hydrogen-bond acceptors (Lipinski definition) is 5. The fourth-order valence-corrected chi connectivity index (χ4v) is 5.35. The summed E-state index contributed by atoms with van der Waals surface area (Å²) in [7, 11) is -3.47. The summed E-state index contributed by atoms with van der Waals surface area (Å²) in [5.74, 6) is 0.623. The normalized spacial score (nSPS) is 15.7. The fraction of sp³-hybridized carbons (Fsp3) is 0.421. The largest absolute Gasteiger partial charge is 0.484 e. The van der Waals surface area contributed by atoms with Crippen LogP contribution < -0.4 is 9.46 Å². The average Bonchev–Trinajstić information content (AvgIpc) is 3.22. The van der Waals surface area contributed by atoms with Gasteiger partial charge >= 0.3 is 0 Å². The van der Waals surface area contributed by atoms with Gasteiger partial charge in [0, 0.05) is 19.1 Å². The summed E-state index contributed by atoms with van der Waals surface area (Å²) >= 11 is 1.20. The van der Waals surface area contributed by atoms with Crippen molar-refractivity contribution >= 4 is 27.3 Å². The molecule has 1 aromatic carbocycles. The molecule has 0 unspecified atom stereocenters. The van der Waals surface area contributed by atoms with Gasteiger partial charge in [0.15, 0.2) is 6.61 Å². The van der Waals surface area contributed by atoms with Gasteiger partial charge in [0.1, 0.15) is 9.96 Å². The van der Waals surface area contributed by atoms with Gasteiger partial charge in [0.25, 0.3) is 5.91 Å². The lowest BCUT2D eigenvalue weighted by Crippen LogP contribution is -2.47. The Hall–Kier alpha value is -1.90. The van der Waals surface area contributed by atoms with Crippen LogP contribution in [0, 0.1) is 0 Å². The number of likely N-dealkylation sites (tertiary alicyclic amines) is 1. The minimum Gasteiger partial charge on any atom is -0.484 e. The molecule has 0 radical (unpaired) electrons. The summed E-state index contributed by atoms with van der Waals surface area (Å²) in [5, 5.41) is 1.74. The Morgan fingerprint density at radius 1 is 1.26 bits per heavy atom. The second kappa shape index (κ2) is 8.86. The van der Waals surface area contributed by atoms with Crippen LogP contribution in [0.25, 0.3) is 0 Å². The first-order valence-corrected chi connectivity index (χ1v) is 11.4. The molecular formula is C19H24N2O4S2. The van der Waals surface area contributed by atoms with Gasteiger partial charge in [-0.2, -0.15) is 0 Å². The zero-order valence-electron chi connectivity index (χ0n) is 15.3. The fourth-order valence-electron chi connectivity index (χ4n) is 3.03. The maximum atomic E-state index is 12.4. The van der Waals surface area contributed by atoms with Gasteiger partial charge in [-0.05, 0) is 48.4 Å². The number of sulfonamides is 1. The summed E-state index contributed by atoms with van der Waals surface area (Å²) in [6, 6.07) is 10.9. The third-order valence-electron chi connectivity index (χ3n) is 4.60. The molecular weight excluding hydrogens is 384 g/mol. The zero-order chi connectivity index (χ0) is 19.3. The molecule has 1 fully saturated rings. The standard InChI is InChI=1S/C19H24N2O4S2/c1-2-15-5-3-6-17(13-15)25-14-18(22)21-10-8-16(9-11-21)20-27(23,24)19-7-4-12-26-19/h3-7,12-13,16,20H,2,8-11,14H2,1H3. The zero-order valence-corrected chi connectivity index (χ0v) is 16.9. The first kappa shape index (κ1) is 19.9. The molecule has 2 heterocycles. The van der Waals surface area contributed by atoms with E-state index in [0.29, 0.717) is 35.9 Å². The van der Waals surface area contributed by atoms with E-state index in [1.54, 1.807) is 22.4 Å². The van der Waals surface area contributed by atoms with Gasteiger partial charge in [-0.25, -0.2) is 13.1 Å². The number of aryl methyl sites for hydroxylation is 1. The Labute approximate surface area is 164 Å². The summed E-state index contributed by atoms with van der Waals surface area (Å²) in [5.41, 5.74) is 1.17. The van der Waals surface area contributed by atoms with Gasteiger partial charge in [0.2, 0.25) is 10.0 Å². The number of amides is 1. The Morgan fingerprint density at radius 3 is 2.70 bits per heavy atom. The smallest absolute Gasteiger partial charge is 0.260 e. The van der Waals surface area contributed by atoms with E-state index in [0.717, 1.165) is 6.42 Å². The van der Waals surface area contributed by atoms with Crippen molar-refractivity contribution in [1.29, 1.82) is 0 Å². The lowest BCUT2D eigenvalue weighted by molar-refractivity contribution is -0.134. The van der Waals surface area contributed by atoms with Crippen molar-refractivity contribution in [2.75, 3.05) is 19.7 Å². The molecule has 6 nitrogen and oxygen atoms in total. The van der Waals surface area contributed by atoms with E-state index in [1.807, 2.05) is 24.3 Å². The molecule has 0 saturated carbocycles. The lowest BCUT2D eigenvalue weighted by atomic mass is 10.1. The van der Waals surface area contributed by atoms with Crippen LogP contribution in [0.4, 0.5) is 0 Å². The third kappa shape index (κ3) is 5.31. The molecule has 1 aromatic heterocycles. The molecule has 1 aliphatic heterocycles. The van der Waals surface area contributed by atoms with E-state index >= 15 is 0 Å². The quantitative estimate of drug-likeness (QED) is 0.764. The van der Waals surface area contributed by atoms with Crippen molar-refractivity contribution < 1.29 is 17.9 Å². The minimum atomic E-state index is -3.47. The number of hydrogen-bond donors (Lipinski definition) is 1. The topological polar surface area (TPSA) is 75.7 Å². The van der Waals surface area contributed by atoms with Crippen LogP contribution in [0.5, 0.6) is 5.75 Å². The summed E-state index contributed by atoms with van der Waals surface area (Å²) in [6.07, 6.45) is 2.11. The molecule has 1 amide bonds. The molecule has 0 atom stereocenters. The number of nitrogens with one attached hydrogen (secondary N) is 1. The van der Waals surface area contributed by atoms with Crippen LogP contribution >= 0.6 is 11.3 Å². The van der Waals surface area contributed by atoms with E-state index in [2.05, 4.69) is 11.6 Å². The average molecular weight is 409 g/mol. The number of piperidine rings is 1. The maximum absolute atomic E-state index is 12.4. The molecule has 1 N–H and O–H groups in total. The van der Waals surface area contributed by atoms with Gasteiger partial charge in [-0.3, -0.25) is 4.79 Å². The maximum Gasteiger partial charge on any atom is 0.260 e. The molecule has 0 bridgehead atoms. The molecule has 0 aliphatic carbocycles. The number of benzene rings is 1. The highest BCUT2D eigenvalue weighted by atomic mass is 32.2. The molecule has 27 heavy (non-hydrogen) atoms. The van der Waals surface area contributed by atoms with E-state index in [9.17, 15) is 13.2 Å². The predicted molar refractivity (Wildman–Crippen MR) is 106 cm³/mol. The second-order valence-corrected chi connectivity index (χ2v) is 9.39. The molecule has 1 aliphatic rings. The molecule has 146 valence electrons. The number of carbonyl (C=O) groups excluding carboxylic acids is 1.